The number of ether oxygens (including phenoxy) is 1. The molecule has 2 heteroatoms. The van der Waals surface area contributed by atoms with Crippen LogP contribution in [-0.4, -0.2) is 5.97 Å². The lowest BCUT2D eigenvalue weighted by Crippen LogP contribution is -1.88. The van der Waals surface area contributed by atoms with Crippen molar-refractivity contribution in [2.75, 3.05) is 0 Å². The molecule has 0 saturated carbocycles. The van der Waals surface area contributed by atoms with Crippen molar-refractivity contribution in [2.24, 2.45) is 0 Å². The molecule has 2 nitrogen and oxygen atoms in total. The normalized spacial score (nSPS) is 11.4. The van der Waals surface area contributed by atoms with Gasteiger partial charge in [0.15, 0.2) is 0 Å². The number of hydrogen-bond acceptors (Lipinski definition) is 2. The van der Waals surface area contributed by atoms with Gasteiger partial charge in [-0.05, 0) is 18.9 Å². The molecule has 0 aromatic rings. The molecule has 0 spiro atoms. The zero-order valence-corrected chi connectivity index (χ0v) is 11.3. The number of allylic oxidation sites excluding steroid dienone is 3. The molecular weight excluding hydrogens is 212 g/mol. The summed E-state index contributed by atoms with van der Waals surface area (Å²) in [5.41, 5.74) is 0. The molecular formula is C15H26O2. The van der Waals surface area contributed by atoms with Crippen LogP contribution in [-0.2, 0) is 9.53 Å². The van der Waals surface area contributed by atoms with E-state index in [9.17, 15) is 4.79 Å². The largest absolute Gasteiger partial charge is 0.435 e. The Labute approximate surface area is 106 Å². The monoisotopic (exact) mass is 238 g/mol. The van der Waals surface area contributed by atoms with Crippen LogP contribution < -0.4 is 0 Å². The van der Waals surface area contributed by atoms with Crippen molar-refractivity contribution in [3.8, 4) is 0 Å². The van der Waals surface area contributed by atoms with Gasteiger partial charge >= 0.3 is 5.97 Å². The number of hydrogen-bond donors (Lipinski definition) is 0. The second-order valence-electron chi connectivity index (χ2n) is 4.28. The Kier molecular flexibility index (Phi) is 12.2. The molecule has 0 N–H and O–H groups in total. The molecule has 17 heavy (non-hydrogen) atoms. The average Bonchev–Trinajstić information content (AvgIpc) is 2.30. The van der Waals surface area contributed by atoms with Gasteiger partial charge in [0.1, 0.15) is 0 Å². The van der Waals surface area contributed by atoms with Crippen LogP contribution in [0.1, 0.15) is 65.2 Å². The summed E-state index contributed by atoms with van der Waals surface area (Å²) in [5, 5.41) is 0. The van der Waals surface area contributed by atoms with Crippen LogP contribution >= 0.6 is 0 Å². The third kappa shape index (κ3) is 14.9. The maximum Gasteiger partial charge on any atom is 0.307 e. The van der Waals surface area contributed by atoms with Gasteiger partial charge in [0.2, 0.25) is 0 Å². The van der Waals surface area contributed by atoms with E-state index < -0.39 is 0 Å². The summed E-state index contributed by atoms with van der Waals surface area (Å²) >= 11 is 0. The highest BCUT2D eigenvalue weighted by Crippen LogP contribution is 2.08. The Morgan fingerprint density at radius 1 is 1.00 bits per heavy atom. The van der Waals surface area contributed by atoms with Crippen LogP contribution in [0.15, 0.2) is 24.5 Å². The molecule has 0 aliphatic heterocycles. The highest BCUT2D eigenvalue weighted by Gasteiger charge is 1.89. The number of carbonyl (C=O) groups excluding carboxylic acids is 1. The van der Waals surface area contributed by atoms with Gasteiger partial charge in [-0.15, -0.1) is 0 Å². The quantitative estimate of drug-likeness (QED) is 0.237. The van der Waals surface area contributed by atoms with Crippen molar-refractivity contribution < 1.29 is 9.53 Å². The number of carbonyl (C=O) groups is 1. The van der Waals surface area contributed by atoms with Gasteiger partial charge < -0.3 is 4.74 Å². The minimum atomic E-state index is -0.276. The number of rotatable bonds is 10. The summed E-state index contributed by atoms with van der Waals surface area (Å²) in [6, 6.07) is 0. The Morgan fingerprint density at radius 2 is 1.65 bits per heavy atom. The molecule has 98 valence electrons. The van der Waals surface area contributed by atoms with Crippen LogP contribution in [0.3, 0.4) is 0 Å². The van der Waals surface area contributed by atoms with Crippen molar-refractivity contribution >= 4 is 5.97 Å². The molecule has 0 rings (SSSR count). The lowest BCUT2D eigenvalue weighted by atomic mass is 10.1. The molecule has 0 heterocycles. The Bertz CT molecular complexity index is 229. The SMILES string of the molecule is CCCCCCCCCC=CC=COC(C)=O. The van der Waals surface area contributed by atoms with E-state index >= 15 is 0 Å². The van der Waals surface area contributed by atoms with Crippen molar-refractivity contribution in [1.29, 1.82) is 0 Å². The maximum absolute atomic E-state index is 10.4. The Hall–Kier alpha value is -1.05. The zero-order valence-electron chi connectivity index (χ0n) is 11.3. The minimum absolute atomic E-state index is 0.276. The fourth-order valence-electron chi connectivity index (χ4n) is 1.57. The van der Waals surface area contributed by atoms with Gasteiger partial charge in [-0.1, -0.05) is 57.6 Å². The smallest absolute Gasteiger partial charge is 0.307 e. The van der Waals surface area contributed by atoms with Gasteiger partial charge in [0.05, 0.1) is 6.26 Å². The second-order valence-corrected chi connectivity index (χ2v) is 4.28. The first kappa shape index (κ1) is 16.0. The molecule has 0 radical (unpaired) electrons. The van der Waals surface area contributed by atoms with E-state index in [-0.39, 0.29) is 5.97 Å². The van der Waals surface area contributed by atoms with E-state index in [1.165, 1.54) is 58.1 Å². The molecule has 0 aliphatic carbocycles. The first-order valence-corrected chi connectivity index (χ1v) is 6.76. The first-order chi connectivity index (χ1) is 8.27. The molecule has 0 unspecified atom stereocenters. The van der Waals surface area contributed by atoms with Crippen LogP contribution in [0.2, 0.25) is 0 Å². The van der Waals surface area contributed by atoms with Crippen LogP contribution in [0.5, 0.6) is 0 Å². The Morgan fingerprint density at radius 3 is 2.29 bits per heavy atom. The summed E-state index contributed by atoms with van der Waals surface area (Å²) in [4.78, 5) is 10.4. The topological polar surface area (TPSA) is 26.3 Å². The molecule has 0 bridgehead atoms. The molecule has 0 aliphatic rings. The highest BCUT2D eigenvalue weighted by atomic mass is 16.5. The van der Waals surface area contributed by atoms with Crippen molar-refractivity contribution in [3.05, 3.63) is 24.5 Å². The van der Waals surface area contributed by atoms with E-state index in [2.05, 4.69) is 17.7 Å². The van der Waals surface area contributed by atoms with Crippen molar-refractivity contribution in [1.82, 2.24) is 0 Å². The summed E-state index contributed by atoms with van der Waals surface area (Å²) in [6.07, 6.45) is 17.7. The molecule has 0 atom stereocenters. The predicted molar refractivity (Wildman–Crippen MR) is 72.7 cm³/mol. The van der Waals surface area contributed by atoms with E-state index in [0.29, 0.717) is 0 Å². The molecule has 0 aromatic carbocycles. The average molecular weight is 238 g/mol. The lowest BCUT2D eigenvalue weighted by molar-refractivity contribution is -0.135. The van der Waals surface area contributed by atoms with E-state index in [0.717, 1.165) is 6.42 Å². The zero-order chi connectivity index (χ0) is 12.8. The molecule has 0 fully saturated rings. The minimum Gasteiger partial charge on any atom is -0.435 e. The van der Waals surface area contributed by atoms with E-state index in [1.54, 1.807) is 6.08 Å². The Balaban J connectivity index is 3.19. The van der Waals surface area contributed by atoms with E-state index in [1.807, 2.05) is 6.08 Å². The number of unbranched alkanes of at least 4 members (excludes halogenated alkanes) is 7. The molecule has 0 saturated heterocycles. The van der Waals surface area contributed by atoms with Gasteiger partial charge in [-0.3, -0.25) is 4.79 Å². The highest BCUT2D eigenvalue weighted by molar-refractivity contribution is 5.66. The summed E-state index contributed by atoms with van der Waals surface area (Å²) in [6.45, 7) is 3.64. The first-order valence-electron chi connectivity index (χ1n) is 6.76. The van der Waals surface area contributed by atoms with Crippen LogP contribution in [0.25, 0.3) is 0 Å². The second kappa shape index (κ2) is 13.0. The predicted octanol–water partition coefficient (Wildman–Crippen LogP) is 4.76. The van der Waals surface area contributed by atoms with Gasteiger partial charge in [-0.25, -0.2) is 0 Å². The third-order valence-electron chi connectivity index (χ3n) is 2.53. The summed E-state index contributed by atoms with van der Waals surface area (Å²) in [5.74, 6) is -0.276. The fraction of sp³-hybridized carbons (Fsp3) is 0.667. The number of esters is 1. The summed E-state index contributed by atoms with van der Waals surface area (Å²) < 4.78 is 4.65. The van der Waals surface area contributed by atoms with Crippen LogP contribution in [0.4, 0.5) is 0 Å². The fourth-order valence-corrected chi connectivity index (χ4v) is 1.57. The van der Waals surface area contributed by atoms with Gasteiger partial charge in [-0.2, -0.15) is 0 Å². The lowest BCUT2D eigenvalue weighted by Gasteiger charge is -1.98. The van der Waals surface area contributed by atoms with Crippen molar-refractivity contribution in [2.45, 2.75) is 65.2 Å². The van der Waals surface area contributed by atoms with E-state index in [4.69, 9.17) is 0 Å². The van der Waals surface area contributed by atoms with Crippen molar-refractivity contribution in [3.63, 3.8) is 0 Å². The molecule has 0 amide bonds. The van der Waals surface area contributed by atoms with Crippen LogP contribution in [0, 0.1) is 0 Å². The maximum atomic E-state index is 10.4. The standard InChI is InChI=1S/C15H26O2/c1-3-4-5-6-7-8-9-10-11-12-13-14-17-15(2)16/h11-14H,3-10H2,1-2H3. The van der Waals surface area contributed by atoms with Gasteiger partial charge in [0, 0.05) is 6.92 Å². The summed E-state index contributed by atoms with van der Waals surface area (Å²) in [7, 11) is 0. The third-order valence-corrected chi connectivity index (χ3v) is 2.53. The molecule has 0 aromatic heterocycles. The van der Waals surface area contributed by atoms with Gasteiger partial charge in [0.25, 0.3) is 0 Å².